The van der Waals surface area contributed by atoms with Crippen LogP contribution in [0.2, 0.25) is 0 Å². The van der Waals surface area contributed by atoms with E-state index in [1.165, 1.54) is 5.56 Å². The van der Waals surface area contributed by atoms with Crippen molar-refractivity contribution in [1.82, 2.24) is 15.3 Å². The normalized spacial score (nSPS) is 10.6. The van der Waals surface area contributed by atoms with Crippen LogP contribution < -0.4 is 5.32 Å². The summed E-state index contributed by atoms with van der Waals surface area (Å²) in [6.45, 7) is 5.68. The number of nitrogens with one attached hydrogen (secondary N) is 1. The summed E-state index contributed by atoms with van der Waals surface area (Å²) in [4.78, 5) is 8.65. The SMILES string of the molecule is Cc1ccc(CNCc2nc(C)cs2)cn1. The molecule has 4 heteroatoms. The van der Waals surface area contributed by atoms with Gasteiger partial charge in [-0.3, -0.25) is 4.98 Å². The molecule has 16 heavy (non-hydrogen) atoms. The van der Waals surface area contributed by atoms with Crippen LogP contribution in [0.25, 0.3) is 0 Å². The Kier molecular flexibility index (Phi) is 3.64. The molecule has 0 amide bonds. The molecular formula is C12H15N3S. The summed E-state index contributed by atoms with van der Waals surface area (Å²) in [5.41, 5.74) is 3.36. The third-order valence-corrected chi connectivity index (χ3v) is 3.21. The molecule has 84 valence electrons. The number of aromatic nitrogens is 2. The lowest BCUT2D eigenvalue weighted by molar-refractivity contribution is 0.686. The van der Waals surface area contributed by atoms with Crippen molar-refractivity contribution in [2.45, 2.75) is 26.9 Å². The highest BCUT2D eigenvalue weighted by Crippen LogP contribution is 2.08. The van der Waals surface area contributed by atoms with Gasteiger partial charge in [0.2, 0.25) is 0 Å². The fourth-order valence-electron chi connectivity index (χ4n) is 1.40. The van der Waals surface area contributed by atoms with Crippen LogP contribution in [-0.2, 0) is 13.1 Å². The lowest BCUT2D eigenvalue weighted by atomic mass is 10.2. The van der Waals surface area contributed by atoms with Gasteiger partial charge in [-0.2, -0.15) is 0 Å². The van der Waals surface area contributed by atoms with Crippen LogP contribution in [0.3, 0.4) is 0 Å². The van der Waals surface area contributed by atoms with Crippen molar-refractivity contribution in [2.75, 3.05) is 0 Å². The summed E-state index contributed by atoms with van der Waals surface area (Å²) >= 11 is 1.70. The van der Waals surface area contributed by atoms with Crippen LogP contribution in [0, 0.1) is 13.8 Å². The summed E-state index contributed by atoms with van der Waals surface area (Å²) in [7, 11) is 0. The summed E-state index contributed by atoms with van der Waals surface area (Å²) < 4.78 is 0. The molecule has 0 saturated carbocycles. The molecule has 2 heterocycles. The van der Waals surface area contributed by atoms with E-state index in [1.807, 2.05) is 26.1 Å². The van der Waals surface area contributed by atoms with E-state index < -0.39 is 0 Å². The predicted octanol–water partition coefficient (Wildman–Crippen LogP) is 2.44. The summed E-state index contributed by atoms with van der Waals surface area (Å²) in [6.07, 6.45) is 1.91. The molecule has 0 fully saturated rings. The molecule has 0 spiro atoms. The summed E-state index contributed by atoms with van der Waals surface area (Å²) in [6, 6.07) is 4.13. The van der Waals surface area contributed by atoms with Gasteiger partial charge in [0, 0.05) is 36.1 Å². The van der Waals surface area contributed by atoms with Gasteiger partial charge in [-0.15, -0.1) is 11.3 Å². The lowest BCUT2D eigenvalue weighted by Crippen LogP contribution is -2.12. The van der Waals surface area contributed by atoms with Gasteiger partial charge in [0.1, 0.15) is 5.01 Å². The van der Waals surface area contributed by atoms with Gasteiger partial charge in [-0.05, 0) is 25.5 Å². The van der Waals surface area contributed by atoms with Crippen molar-refractivity contribution < 1.29 is 0 Å². The Morgan fingerprint density at radius 2 is 2.06 bits per heavy atom. The Labute approximate surface area is 99.6 Å². The first kappa shape index (κ1) is 11.2. The number of nitrogens with zero attached hydrogens (tertiary/aromatic N) is 2. The molecule has 2 aromatic rings. The van der Waals surface area contributed by atoms with E-state index in [0.29, 0.717) is 0 Å². The number of hydrogen-bond donors (Lipinski definition) is 1. The number of hydrogen-bond acceptors (Lipinski definition) is 4. The van der Waals surface area contributed by atoms with E-state index in [4.69, 9.17) is 0 Å². The second-order valence-corrected chi connectivity index (χ2v) is 4.74. The van der Waals surface area contributed by atoms with Gasteiger partial charge >= 0.3 is 0 Å². The Balaban J connectivity index is 1.82. The quantitative estimate of drug-likeness (QED) is 0.881. The minimum absolute atomic E-state index is 0.826. The number of thiazole rings is 1. The molecule has 2 aromatic heterocycles. The minimum Gasteiger partial charge on any atom is -0.306 e. The molecule has 0 aliphatic carbocycles. The van der Waals surface area contributed by atoms with Crippen LogP contribution >= 0.6 is 11.3 Å². The first-order valence-corrected chi connectivity index (χ1v) is 6.15. The van der Waals surface area contributed by atoms with Crippen LogP contribution in [0.1, 0.15) is 22.0 Å². The van der Waals surface area contributed by atoms with Gasteiger partial charge in [-0.25, -0.2) is 4.98 Å². The highest BCUT2D eigenvalue weighted by atomic mass is 32.1. The van der Waals surface area contributed by atoms with Crippen molar-refractivity contribution in [3.05, 3.63) is 45.7 Å². The predicted molar refractivity (Wildman–Crippen MR) is 66.4 cm³/mol. The molecule has 0 atom stereocenters. The van der Waals surface area contributed by atoms with Gasteiger partial charge in [0.15, 0.2) is 0 Å². The number of aryl methyl sites for hydroxylation is 2. The van der Waals surface area contributed by atoms with Gasteiger partial charge < -0.3 is 5.32 Å². The van der Waals surface area contributed by atoms with Crippen molar-refractivity contribution in [3.8, 4) is 0 Å². The van der Waals surface area contributed by atoms with E-state index in [9.17, 15) is 0 Å². The average molecular weight is 233 g/mol. The van der Waals surface area contributed by atoms with Gasteiger partial charge in [0.05, 0.1) is 0 Å². The van der Waals surface area contributed by atoms with Crippen molar-refractivity contribution in [2.24, 2.45) is 0 Å². The lowest BCUT2D eigenvalue weighted by Gasteiger charge is -2.02. The van der Waals surface area contributed by atoms with Crippen LogP contribution in [0.15, 0.2) is 23.7 Å². The molecule has 2 rings (SSSR count). The van der Waals surface area contributed by atoms with Gasteiger partial charge in [0.25, 0.3) is 0 Å². The molecule has 1 N–H and O–H groups in total. The van der Waals surface area contributed by atoms with Crippen LogP contribution in [0.4, 0.5) is 0 Å². The molecule has 0 bridgehead atoms. The Hall–Kier alpha value is -1.26. The molecule has 0 aliphatic rings. The zero-order valence-corrected chi connectivity index (χ0v) is 10.3. The molecular weight excluding hydrogens is 218 g/mol. The first-order chi connectivity index (χ1) is 7.74. The van der Waals surface area contributed by atoms with Crippen molar-refractivity contribution >= 4 is 11.3 Å². The first-order valence-electron chi connectivity index (χ1n) is 5.27. The summed E-state index contributed by atoms with van der Waals surface area (Å²) in [5.74, 6) is 0. The second kappa shape index (κ2) is 5.18. The zero-order chi connectivity index (χ0) is 11.4. The standard InChI is InChI=1S/C12H15N3S/c1-9-3-4-11(6-14-9)5-13-7-12-15-10(2)8-16-12/h3-4,6,8,13H,5,7H2,1-2H3. The van der Waals surface area contributed by atoms with Crippen LogP contribution in [-0.4, -0.2) is 9.97 Å². The fraction of sp³-hybridized carbons (Fsp3) is 0.333. The third-order valence-electron chi connectivity index (χ3n) is 2.24. The van der Waals surface area contributed by atoms with Crippen molar-refractivity contribution in [1.29, 1.82) is 0 Å². The fourth-order valence-corrected chi connectivity index (χ4v) is 2.14. The maximum absolute atomic E-state index is 4.40. The van der Waals surface area contributed by atoms with Crippen LogP contribution in [0.5, 0.6) is 0 Å². The zero-order valence-electron chi connectivity index (χ0n) is 9.53. The highest BCUT2D eigenvalue weighted by Gasteiger charge is 1.98. The minimum atomic E-state index is 0.826. The van der Waals surface area contributed by atoms with E-state index in [1.54, 1.807) is 11.3 Å². The molecule has 0 unspecified atom stereocenters. The molecule has 0 saturated heterocycles. The van der Waals surface area contributed by atoms with E-state index in [0.717, 1.165) is 29.5 Å². The maximum Gasteiger partial charge on any atom is 0.107 e. The molecule has 0 aromatic carbocycles. The molecule has 0 aliphatic heterocycles. The van der Waals surface area contributed by atoms with Gasteiger partial charge in [-0.1, -0.05) is 6.07 Å². The van der Waals surface area contributed by atoms with Crippen molar-refractivity contribution in [3.63, 3.8) is 0 Å². The third kappa shape index (κ3) is 3.12. The van der Waals surface area contributed by atoms with E-state index in [2.05, 4.69) is 26.7 Å². The number of pyridine rings is 1. The number of rotatable bonds is 4. The monoisotopic (exact) mass is 233 g/mol. The Morgan fingerprint density at radius 3 is 2.69 bits per heavy atom. The van der Waals surface area contributed by atoms with E-state index in [-0.39, 0.29) is 0 Å². The second-order valence-electron chi connectivity index (χ2n) is 3.79. The molecule has 3 nitrogen and oxygen atoms in total. The highest BCUT2D eigenvalue weighted by molar-refractivity contribution is 7.09. The maximum atomic E-state index is 4.40. The Bertz CT molecular complexity index is 448. The molecule has 0 radical (unpaired) electrons. The smallest absolute Gasteiger partial charge is 0.107 e. The summed E-state index contributed by atoms with van der Waals surface area (Å²) in [5, 5.41) is 6.57. The largest absolute Gasteiger partial charge is 0.306 e. The topological polar surface area (TPSA) is 37.8 Å². The van der Waals surface area contributed by atoms with E-state index >= 15 is 0 Å². The Morgan fingerprint density at radius 1 is 1.19 bits per heavy atom. The average Bonchev–Trinajstić information content (AvgIpc) is 2.67.